The van der Waals surface area contributed by atoms with E-state index in [0.717, 1.165) is 5.56 Å². The number of nitrogens with two attached hydrogens (primary N) is 1. The lowest BCUT2D eigenvalue weighted by Gasteiger charge is -2.08. The summed E-state index contributed by atoms with van der Waals surface area (Å²) < 4.78 is 1.51. The molecule has 2 aromatic rings. The minimum atomic E-state index is -0.355. The minimum Gasteiger partial charge on any atom is -0.506 e. The van der Waals surface area contributed by atoms with Crippen molar-refractivity contribution in [1.29, 1.82) is 0 Å². The van der Waals surface area contributed by atoms with Gasteiger partial charge in [0.15, 0.2) is 0 Å². The fraction of sp³-hybridized carbons (Fsp3) is 0.231. The number of nitrogens with zero attached hydrogens (tertiary/aromatic N) is 2. The van der Waals surface area contributed by atoms with E-state index in [-0.39, 0.29) is 11.7 Å². The number of rotatable bonds is 3. The molecule has 1 amide bonds. The van der Waals surface area contributed by atoms with Gasteiger partial charge in [0.25, 0.3) is 5.91 Å². The van der Waals surface area contributed by atoms with E-state index in [1.54, 1.807) is 12.1 Å². The Kier molecular flexibility index (Phi) is 3.41. The van der Waals surface area contributed by atoms with Crippen LogP contribution in [0.1, 0.15) is 23.0 Å². The summed E-state index contributed by atoms with van der Waals surface area (Å²) in [5, 5.41) is 16.4. The number of phenolic OH excluding ortho intramolecular Hbond substituents is 1. The molecule has 0 saturated carbocycles. The summed E-state index contributed by atoms with van der Waals surface area (Å²) in [5.41, 5.74) is 7.25. The molecule has 0 unspecified atom stereocenters. The number of hydrogen-bond acceptors (Lipinski definition) is 4. The maximum Gasteiger partial charge on any atom is 0.274 e. The monoisotopic (exact) mass is 260 g/mol. The summed E-state index contributed by atoms with van der Waals surface area (Å²) >= 11 is 0. The molecule has 0 saturated heterocycles. The lowest BCUT2D eigenvalue weighted by atomic mass is 10.2. The van der Waals surface area contributed by atoms with E-state index in [2.05, 4.69) is 10.4 Å². The number of benzene rings is 1. The zero-order valence-electron chi connectivity index (χ0n) is 10.8. The summed E-state index contributed by atoms with van der Waals surface area (Å²) in [5.74, 6) is -0.0399. The van der Waals surface area contributed by atoms with Crippen molar-refractivity contribution in [2.75, 3.05) is 11.1 Å². The van der Waals surface area contributed by atoms with Crippen molar-refractivity contribution in [1.82, 2.24) is 9.78 Å². The van der Waals surface area contributed by atoms with Crippen LogP contribution in [0.5, 0.6) is 5.75 Å². The quantitative estimate of drug-likeness (QED) is 0.733. The van der Waals surface area contributed by atoms with Gasteiger partial charge in [-0.15, -0.1) is 0 Å². The molecule has 2 rings (SSSR count). The Morgan fingerprint density at radius 1 is 1.47 bits per heavy atom. The minimum absolute atomic E-state index is 0.0227. The molecule has 6 heteroatoms. The van der Waals surface area contributed by atoms with Crippen molar-refractivity contribution in [2.45, 2.75) is 20.4 Å². The van der Waals surface area contributed by atoms with Gasteiger partial charge in [-0.3, -0.25) is 9.48 Å². The summed E-state index contributed by atoms with van der Waals surface area (Å²) in [6.07, 6.45) is 0. The highest BCUT2D eigenvalue weighted by molar-refractivity contribution is 6.04. The van der Waals surface area contributed by atoms with Crippen LogP contribution in [-0.2, 0) is 6.54 Å². The summed E-state index contributed by atoms with van der Waals surface area (Å²) in [6.45, 7) is 4.29. The standard InChI is InChI=1S/C13H16N4O2/c1-3-17-10(7-12(14)16-17)13(19)15-9-6-8(2)4-5-11(9)18/h4-7,18H,3H2,1-2H3,(H2,14,16)(H,15,19). The highest BCUT2D eigenvalue weighted by Gasteiger charge is 2.15. The number of anilines is 2. The predicted octanol–water partition coefficient (Wildman–Crippen LogP) is 1.75. The Morgan fingerprint density at radius 3 is 2.89 bits per heavy atom. The van der Waals surface area contributed by atoms with Crippen LogP contribution < -0.4 is 11.1 Å². The fourth-order valence-corrected chi connectivity index (χ4v) is 1.80. The van der Waals surface area contributed by atoms with Crippen molar-refractivity contribution < 1.29 is 9.90 Å². The molecular formula is C13H16N4O2. The highest BCUT2D eigenvalue weighted by Crippen LogP contribution is 2.24. The average Bonchev–Trinajstić information content (AvgIpc) is 2.75. The van der Waals surface area contributed by atoms with Gasteiger partial charge in [-0.2, -0.15) is 5.10 Å². The molecule has 0 fully saturated rings. The van der Waals surface area contributed by atoms with Crippen molar-refractivity contribution >= 4 is 17.4 Å². The van der Waals surface area contributed by atoms with E-state index in [4.69, 9.17) is 5.73 Å². The second kappa shape index (κ2) is 5.01. The number of aromatic nitrogens is 2. The first-order chi connectivity index (χ1) is 9.01. The Labute approximate surface area is 110 Å². The first-order valence-electron chi connectivity index (χ1n) is 5.95. The third kappa shape index (κ3) is 2.67. The molecule has 1 heterocycles. The Hall–Kier alpha value is -2.50. The molecule has 100 valence electrons. The molecule has 0 atom stereocenters. The number of nitrogen functional groups attached to an aromatic ring is 1. The maximum atomic E-state index is 12.1. The number of aromatic hydroxyl groups is 1. The summed E-state index contributed by atoms with van der Waals surface area (Å²) in [7, 11) is 0. The second-order valence-electron chi connectivity index (χ2n) is 4.24. The summed E-state index contributed by atoms with van der Waals surface area (Å²) in [4.78, 5) is 12.1. The smallest absolute Gasteiger partial charge is 0.274 e. The van der Waals surface area contributed by atoms with E-state index >= 15 is 0 Å². The molecule has 0 radical (unpaired) electrons. The van der Waals surface area contributed by atoms with Gasteiger partial charge in [-0.05, 0) is 31.5 Å². The third-order valence-electron chi connectivity index (χ3n) is 2.73. The molecule has 0 aliphatic rings. The fourth-order valence-electron chi connectivity index (χ4n) is 1.80. The zero-order valence-corrected chi connectivity index (χ0v) is 10.8. The molecule has 4 N–H and O–H groups in total. The average molecular weight is 260 g/mol. The lowest BCUT2D eigenvalue weighted by molar-refractivity contribution is 0.101. The van der Waals surface area contributed by atoms with Crippen LogP contribution in [0.4, 0.5) is 11.5 Å². The topological polar surface area (TPSA) is 93.2 Å². The van der Waals surface area contributed by atoms with E-state index in [0.29, 0.717) is 23.7 Å². The van der Waals surface area contributed by atoms with E-state index < -0.39 is 0 Å². The van der Waals surface area contributed by atoms with E-state index in [1.165, 1.54) is 16.8 Å². The highest BCUT2D eigenvalue weighted by atomic mass is 16.3. The second-order valence-corrected chi connectivity index (χ2v) is 4.24. The lowest BCUT2D eigenvalue weighted by Crippen LogP contribution is -2.17. The maximum absolute atomic E-state index is 12.1. The normalized spacial score (nSPS) is 10.4. The molecule has 0 aliphatic heterocycles. The van der Waals surface area contributed by atoms with Crippen molar-refractivity contribution in [3.63, 3.8) is 0 Å². The largest absolute Gasteiger partial charge is 0.506 e. The first-order valence-corrected chi connectivity index (χ1v) is 5.95. The molecule has 6 nitrogen and oxygen atoms in total. The van der Waals surface area contributed by atoms with Crippen molar-refractivity contribution in [3.8, 4) is 5.75 Å². The molecule has 0 spiro atoms. The Bertz CT molecular complexity index is 619. The number of carbonyl (C=O) groups is 1. The van der Waals surface area contributed by atoms with Crippen LogP contribution in [0.2, 0.25) is 0 Å². The molecule has 1 aromatic carbocycles. The number of nitrogens with one attached hydrogen (secondary N) is 1. The zero-order chi connectivity index (χ0) is 14.0. The number of hydrogen-bond donors (Lipinski definition) is 3. The number of amides is 1. The van der Waals surface area contributed by atoms with Crippen LogP contribution in [0.25, 0.3) is 0 Å². The Balaban J connectivity index is 2.27. The molecule has 0 aliphatic carbocycles. The van der Waals surface area contributed by atoms with Crippen molar-refractivity contribution in [2.24, 2.45) is 0 Å². The van der Waals surface area contributed by atoms with Gasteiger partial charge in [0.1, 0.15) is 17.3 Å². The van der Waals surface area contributed by atoms with Gasteiger partial charge in [-0.1, -0.05) is 6.07 Å². The van der Waals surface area contributed by atoms with Crippen LogP contribution in [-0.4, -0.2) is 20.8 Å². The molecule has 1 aromatic heterocycles. The molecule has 19 heavy (non-hydrogen) atoms. The van der Waals surface area contributed by atoms with E-state index in [9.17, 15) is 9.90 Å². The van der Waals surface area contributed by atoms with Crippen molar-refractivity contribution in [3.05, 3.63) is 35.5 Å². The van der Waals surface area contributed by atoms with Crippen LogP contribution in [0, 0.1) is 6.92 Å². The van der Waals surface area contributed by atoms with Crippen LogP contribution in [0.15, 0.2) is 24.3 Å². The molecular weight excluding hydrogens is 244 g/mol. The Morgan fingerprint density at radius 2 is 2.21 bits per heavy atom. The predicted molar refractivity (Wildman–Crippen MR) is 73.1 cm³/mol. The number of carbonyl (C=O) groups excluding carboxylic acids is 1. The van der Waals surface area contributed by atoms with Crippen LogP contribution >= 0.6 is 0 Å². The number of phenols is 1. The van der Waals surface area contributed by atoms with Gasteiger partial charge < -0.3 is 16.2 Å². The van der Waals surface area contributed by atoms with Gasteiger partial charge in [0.2, 0.25) is 0 Å². The first kappa shape index (κ1) is 12.9. The molecule has 0 bridgehead atoms. The number of aryl methyl sites for hydroxylation is 2. The van der Waals surface area contributed by atoms with Gasteiger partial charge in [0, 0.05) is 12.6 Å². The van der Waals surface area contributed by atoms with Gasteiger partial charge >= 0.3 is 0 Å². The summed E-state index contributed by atoms with van der Waals surface area (Å²) in [6, 6.07) is 6.50. The van der Waals surface area contributed by atoms with Gasteiger partial charge in [0.05, 0.1) is 5.69 Å². The van der Waals surface area contributed by atoms with Crippen LogP contribution in [0.3, 0.4) is 0 Å². The SMILES string of the molecule is CCn1nc(N)cc1C(=O)Nc1cc(C)ccc1O. The third-order valence-corrected chi connectivity index (χ3v) is 2.73. The van der Waals surface area contributed by atoms with E-state index in [1.807, 2.05) is 13.8 Å². The van der Waals surface area contributed by atoms with Gasteiger partial charge in [-0.25, -0.2) is 0 Å².